The summed E-state index contributed by atoms with van der Waals surface area (Å²) in [5, 5.41) is 5.69. The van der Waals surface area contributed by atoms with E-state index >= 15 is 0 Å². The van der Waals surface area contributed by atoms with Crippen LogP contribution >= 0.6 is 0 Å². The van der Waals surface area contributed by atoms with Crippen LogP contribution in [0.2, 0.25) is 0 Å². The molecular formula is C14H24N2O4. The van der Waals surface area contributed by atoms with Crippen LogP contribution in [0.5, 0.6) is 0 Å². The first-order valence-electron chi connectivity index (χ1n) is 6.85. The number of ketones is 1. The second-order valence-corrected chi connectivity index (χ2v) is 5.74. The van der Waals surface area contributed by atoms with E-state index in [2.05, 4.69) is 10.6 Å². The Morgan fingerprint density at radius 1 is 1.40 bits per heavy atom. The van der Waals surface area contributed by atoms with Gasteiger partial charge < -0.3 is 20.1 Å². The Balaban J connectivity index is 2.09. The minimum atomic E-state index is -0.480. The molecule has 1 aliphatic rings. The Morgan fingerprint density at radius 2 is 2.10 bits per heavy atom. The van der Waals surface area contributed by atoms with E-state index in [4.69, 9.17) is 9.47 Å². The van der Waals surface area contributed by atoms with Crippen molar-refractivity contribution in [2.45, 2.75) is 51.7 Å². The molecule has 0 fully saturated rings. The van der Waals surface area contributed by atoms with Gasteiger partial charge in [-0.1, -0.05) is 0 Å². The molecule has 0 aromatic rings. The summed E-state index contributed by atoms with van der Waals surface area (Å²) in [5.74, 6) is 0.564. The third-order valence-corrected chi connectivity index (χ3v) is 2.74. The monoisotopic (exact) mass is 284 g/mol. The van der Waals surface area contributed by atoms with Crippen LogP contribution in [0, 0.1) is 0 Å². The predicted octanol–water partition coefficient (Wildman–Crippen LogP) is 1.71. The van der Waals surface area contributed by atoms with Crippen molar-refractivity contribution in [3.05, 3.63) is 12.0 Å². The third kappa shape index (κ3) is 5.95. The molecule has 114 valence electrons. The Hall–Kier alpha value is -1.72. The van der Waals surface area contributed by atoms with Gasteiger partial charge in [0.1, 0.15) is 5.60 Å². The van der Waals surface area contributed by atoms with Gasteiger partial charge in [-0.05, 0) is 40.0 Å². The van der Waals surface area contributed by atoms with Crippen molar-refractivity contribution in [1.29, 1.82) is 0 Å². The van der Waals surface area contributed by atoms with Gasteiger partial charge in [0.15, 0.2) is 11.7 Å². The van der Waals surface area contributed by atoms with Gasteiger partial charge in [0, 0.05) is 12.6 Å². The topological polar surface area (TPSA) is 76.7 Å². The number of alkyl carbamates (subject to hydrolysis) is 1. The van der Waals surface area contributed by atoms with Crippen molar-refractivity contribution in [3.63, 3.8) is 0 Å². The number of methoxy groups -OCH3 is 1. The van der Waals surface area contributed by atoms with Gasteiger partial charge in [0.05, 0.1) is 13.2 Å². The lowest BCUT2D eigenvalue weighted by molar-refractivity contribution is -0.115. The summed E-state index contributed by atoms with van der Waals surface area (Å²) in [4.78, 5) is 23.0. The number of ether oxygens (including phenoxy) is 2. The number of carbonyl (C=O) groups is 2. The molecule has 0 aromatic heterocycles. The van der Waals surface area contributed by atoms with Crippen molar-refractivity contribution >= 4 is 11.9 Å². The van der Waals surface area contributed by atoms with E-state index in [1.54, 1.807) is 0 Å². The van der Waals surface area contributed by atoms with Crippen molar-refractivity contribution in [1.82, 2.24) is 10.6 Å². The van der Waals surface area contributed by atoms with Crippen LogP contribution in [0.1, 0.15) is 40.0 Å². The summed E-state index contributed by atoms with van der Waals surface area (Å²) in [7, 11) is 1.53. The lowest BCUT2D eigenvalue weighted by Gasteiger charge is -2.19. The molecule has 0 radical (unpaired) electrons. The zero-order valence-corrected chi connectivity index (χ0v) is 12.6. The summed E-state index contributed by atoms with van der Waals surface area (Å²) in [6, 6.07) is -0.202. The first-order chi connectivity index (χ1) is 9.31. The summed E-state index contributed by atoms with van der Waals surface area (Å²) < 4.78 is 10.1. The molecule has 6 heteroatoms. The maximum Gasteiger partial charge on any atom is 0.407 e. The molecule has 0 aliphatic carbocycles. The molecule has 1 aliphatic heterocycles. The van der Waals surface area contributed by atoms with Crippen LogP contribution in [-0.2, 0) is 14.3 Å². The van der Waals surface area contributed by atoms with Crippen LogP contribution in [0.25, 0.3) is 0 Å². The normalized spacial score (nSPS) is 18.3. The molecule has 1 atom stereocenters. The van der Waals surface area contributed by atoms with Crippen LogP contribution in [0.3, 0.4) is 0 Å². The number of amides is 1. The van der Waals surface area contributed by atoms with Crippen LogP contribution < -0.4 is 10.6 Å². The summed E-state index contributed by atoms with van der Waals surface area (Å²) in [5.41, 5.74) is -0.480. The van der Waals surface area contributed by atoms with Crippen molar-refractivity contribution in [3.8, 4) is 0 Å². The van der Waals surface area contributed by atoms with Gasteiger partial charge in [0.2, 0.25) is 0 Å². The van der Waals surface area contributed by atoms with E-state index in [9.17, 15) is 9.59 Å². The standard InChI is InChI=1S/C14H24N2O4/c1-14(2,3)20-13(18)15-8-6-5-7-10-11(17)9-12(16-10)19-4/h9-10,16H,5-8H2,1-4H3,(H,15,18). The second-order valence-electron chi connectivity index (χ2n) is 5.74. The third-order valence-electron chi connectivity index (χ3n) is 2.74. The zero-order chi connectivity index (χ0) is 15.2. The number of hydrogen-bond acceptors (Lipinski definition) is 5. The average molecular weight is 284 g/mol. The second kappa shape index (κ2) is 7.17. The number of hydrogen-bond donors (Lipinski definition) is 2. The van der Waals surface area contributed by atoms with Gasteiger partial charge in [0.25, 0.3) is 0 Å². The molecule has 6 nitrogen and oxygen atoms in total. The fraction of sp³-hybridized carbons (Fsp3) is 0.714. The molecule has 0 bridgehead atoms. The molecule has 0 saturated heterocycles. The minimum Gasteiger partial charge on any atom is -0.482 e. The van der Waals surface area contributed by atoms with Gasteiger partial charge >= 0.3 is 6.09 Å². The molecule has 0 saturated carbocycles. The lowest BCUT2D eigenvalue weighted by Crippen LogP contribution is -2.33. The SMILES string of the molecule is COC1=CC(=O)C(CCCCNC(=O)OC(C)(C)C)N1. The van der Waals surface area contributed by atoms with E-state index in [0.29, 0.717) is 12.4 Å². The molecular weight excluding hydrogens is 260 g/mol. The quantitative estimate of drug-likeness (QED) is 0.726. The van der Waals surface area contributed by atoms with Gasteiger partial charge in [-0.25, -0.2) is 4.79 Å². The van der Waals surface area contributed by atoms with Crippen LogP contribution in [-0.4, -0.2) is 37.2 Å². The summed E-state index contributed by atoms with van der Waals surface area (Å²) in [6.45, 7) is 6.01. The van der Waals surface area contributed by atoms with E-state index in [0.717, 1.165) is 19.3 Å². The average Bonchev–Trinajstić information content (AvgIpc) is 2.67. The molecule has 1 heterocycles. The Labute approximate surface area is 119 Å². The predicted molar refractivity (Wildman–Crippen MR) is 75.1 cm³/mol. The highest BCUT2D eigenvalue weighted by Gasteiger charge is 2.24. The highest BCUT2D eigenvalue weighted by atomic mass is 16.6. The van der Waals surface area contributed by atoms with Crippen molar-refractivity contribution in [2.24, 2.45) is 0 Å². The molecule has 0 spiro atoms. The summed E-state index contributed by atoms with van der Waals surface area (Å²) >= 11 is 0. The molecule has 1 amide bonds. The maximum atomic E-state index is 11.6. The van der Waals surface area contributed by atoms with Crippen molar-refractivity contribution in [2.75, 3.05) is 13.7 Å². The fourth-order valence-electron chi connectivity index (χ4n) is 1.82. The number of carbonyl (C=O) groups excluding carboxylic acids is 2. The highest BCUT2D eigenvalue weighted by Crippen LogP contribution is 2.12. The minimum absolute atomic E-state index is 0.0435. The first kappa shape index (κ1) is 16.3. The Kier molecular flexibility index (Phi) is 5.85. The van der Waals surface area contributed by atoms with E-state index in [1.807, 2.05) is 20.8 Å². The maximum absolute atomic E-state index is 11.6. The van der Waals surface area contributed by atoms with E-state index in [-0.39, 0.29) is 11.8 Å². The number of rotatable bonds is 6. The zero-order valence-electron chi connectivity index (χ0n) is 12.6. The fourth-order valence-corrected chi connectivity index (χ4v) is 1.82. The molecule has 1 unspecified atom stereocenters. The first-order valence-corrected chi connectivity index (χ1v) is 6.85. The largest absolute Gasteiger partial charge is 0.482 e. The van der Waals surface area contributed by atoms with E-state index in [1.165, 1.54) is 13.2 Å². The van der Waals surface area contributed by atoms with Gasteiger partial charge in [-0.15, -0.1) is 0 Å². The van der Waals surface area contributed by atoms with Crippen molar-refractivity contribution < 1.29 is 19.1 Å². The highest BCUT2D eigenvalue weighted by molar-refractivity contribution is 5.97. The molecule has 20 heavy (non-hydrogen) atoms. The van der Waals surface area contributed by atoms with Crippen LogP contribution in [0.15, 0.2) is 12.0 Å². The molecule has 2 N–H and O–H groups in total. The van der Waals surface area contributed by atoms with Gasteiger partial charge in [-0.2, -0.15) is 0 Å². The smallest absolute Gasteiger partial charge is 0.407 e. The molecule has 1 rings (SSSR count). The Bertz CT molecular complexity index is 385. The van der Waals surface area contributed by atoms with Crippen LogP contribution in [0.4, 0.5) is 4.79 Å². The van der Waals surface area contributed by atoms with Gasteiger partial charge in [-0.3, -0.25) is 4.79 Å². The molecule has 0 aromatic carbocycles. The Morgan fingerprint density at radius 3 is 2.65 bits per heavy atom. The number of nitrogens with one attached hydrogen (secondary N) is 2. The van der Waals surface area contributed by atoms with E-state index < -0.39 is 11.7 Å². The lowest BCUT2D eigenvalue weighted by atomic mass is 10.1. The number of unbranched alkanes of at least 4 members (excludes halogenated alkanes) is 1. The summed E-state index contributed by atoms with van der Waals surface area (Å²) in [6.07, 6.45) is 3.43.